The van der Waals surface area contributed by atoms with Gasteiger partial charge in [0.05, 0.1) is 12.8 Å². The number of para-hydroxylation sites is 1. The Balaban J connectivity index is 0.00000180. The van der Waals surface area contributed by atoms with E-state index in [2.05, 4.69) is 34.2 Å². The molecule has 0 amide bonds. The van der Waals surface area contributed by atoms with Crippen molar-refractivity contribution >= 4 is 18.4 Å². The Hall–Kier alpha value is -1.85. The summed E-state index contributed by atoms with van der Waals surface area (Å²) in [7, 11) is 1.76. The van der Waals surface area contributed by atoms with Crippen LogP contribution >= 0.6 is 12.4 Å². The van der Waals surface area contributed by atoms with Crippen LogP contribution in [0.5, 0.6) is 5.75 Å². The molecule has 6 heteroatoms. The highest BCUT2D eigenvalue weighted by Crippen LogP contribution is 2.44. The van der Waals surface area contributed by atoms with Crippen molar-refractivity contribution in [2.75, 3.05) is 25.1 Å². The lowest BCUT2D eigenvalue weighted by molar-refractivity contribution is 0.164. The van der Waals surface area contributed by atoms with Gasteiger partial charge in [0.15, 0.2) is 0 Å². The number of hydrogen-bond acceptors (Lipinski definition) is 5. The highest BCUT2D eigenvalue weighted by molar-refractivity contribution is 5.85. The van der Waals surface area contributed by atoms with Crippen molar-refractivity contribution in [2.45, 2.75) is 50.7 Å². The van der Waals surface area contributed by atoms with Crippen molar-refractivity contribution in [3.05, 3.63) is 47.3 Å². The van der Waals surface area contributed by atoms with Gasteiger partial charge in [-0.05, 0) is 31.7 Å². The first-order valence-electron chi connectivity index (χ1n) is 9.82. The van der Waals surface area contributed by atoms with E-state index in [1.54, 1.807) is 7.11 Å². The first kappa shape index (κ1) is 18.5. The van der Waals surface area contributed by atoms with E-state index < -0.39 is 0 Å². The monoisotopic (exact) mass is 386 g/mol. The third-order valence-electron chi connectivity index (χ3n) is 6.25. The van der Waals surface area contributed by atoms with Crippen LogP contribution in [0.15, 0.2) is 30.5 Å². The second kappa shape index (κ2) is 7.64. The van der Waals surface area contributed by atoms with Crippen molar-refractivity contribution in [1.82, 2.24) is 14.9 Å². The van der Waals surface area contributed by atoms with Crippen LogP contribution in [-0.2, 0) is 13.0 Å². The van der Waals surface area contributed by atoms with Gasteiger partial charge in [-0.3, -0.25) is 4.90 Å². The molecular weight excluding hydrogens is 360 g/mol. The minimum Gasteiger partial charge on any atom is -0.496 e. The molecule has 3 aliphatic rings. The fourth-order valence-corrected chi connectivity index (χ4v) is 4.91. The van der Waals surface area contributed by atoms with Crippen molar-refractivity contribution in [3.8, 4) is 5.75 Å². The summed E-state index contributed by atoms with van der Waals surface area (Å²) in [5, 5.41) is 0. The minimum atomic E-state index is 0. The molecule has 2 atom stereocenters. The fourth-order valence-electron chi connectivity index (χ4n) is 4.91. The molecule has 27 heavy (non-hydrogen) atoms. The van der Waals surface area contributed by atoms with E-state index in [0.717, 1.165) is 37.8 Å². The minimum absolute atomic E-state index is 0. The summed E-state index contributed by atoms with van der Waals surface area (Å²) in [6.45, 7) is 3.14. The van der Waals surface area contributed by atoms with Crippen LogP contribution in [0.1, 0.15) is 48.5 Å². The quantitative estimate of drug-likeness (QED) is 0.800. The van der Waals surface area contributed by atoms with Gasteiger partial charge in [-0.25, -0.2) is 9.97 Å². The van der Waals surface area contributed by atoms with Gasteiger partial charge in [0.1, 0.15) is 5.75 Å². The Morgan fingerprint density at radius 2 is 1.96 bits per heavy atom. The molecule has 4 heterocycles. The van der Waals surface area contributed by atoms with E-state index in [1.165, 1.54) is 42.5 Å². The lowest BCUT2D eigenvalue weighted by atomic mass is 9.98. The number of anilines is 1. The summed E-state index contributed by atoms with van der Waals surface area (Å²) in [6, 6.07) is 9.40. The number of methoxy groups -OCH3 is 1. The molecule has 1 aromatic heterocycles. The van der Waals surface area contributed by atoms with Crippen LogP contribution in [0, 0.1) is 0 Å². The number of nitrogens with zero attached hydrogens (tertiary/aromatic N) is 4. The number of ether oxygens (including phenoxy) is 1. The van der Waals surface area contributed by atoms with Gasteiger partial charge < -0.3 is 9.64 Å². The van der Waals surface area contributed by atoms with E-state index in [9.17, 15) is 0 Å². The van der Waals surface area contributed by atoms with E-state index in [-0.39, 0.29) is 12.4 Å². The maximum Gasteiger partial charge on any atom is 0.225 e. The summed E-state index contributed by atoms with van der Waals surface area (Å²) < 4.78 is 5.56. The molecule has 2 fully saturated rings. The van der Waals surface area contributed by atoms with E-state index >= 15 is 0 Å². The molecule has 0 N–H and O–H groups in total. The van der Waals surface area contributed by atoms with Crippen molar-refractivity contribution in [1.29, 1.82) is 0 Å². The summed E-state index contributed by atoms with van der Waals surface area (Å²) >= 11 is 0. The van der Waals surface area contributed by atoms with Gasteiger partial charge >= 0.3 is 0 Å². The molecular formula is C21H27ClN4O. The molecule has 5 rings (SSSR count). The lowest BCUT2D eigenvalue weighted by Gasteiger charge is -2.36. The summed E-state index contributed by atoms with van der Waals surface area (Å²) in [5.41, 5.74) is 3.90. The van der Waals surface area contributed by atoms with Gasteiger partial charge in [-0.2, -0.15) is 0 Å². The Morgan fingerprint density at radius 3 is 2.78 bits per heavy atom. The average Bonchev–Trinajstić information content (AvgIpc) is 3.30. The van der Waals surface area contributed by atoms with Gasteiger partial charge in [0.2, 0.25) is 5.95 Å². The van der Waals surface area contributed by atoms with Crippen LogP contribution in [0.25, 0.3) is 0 Å². The zero-order chi connectivity index (χ0) is 17.5. The second-order valence-electron chi connectivity index (χ2n) is 7.70. The lowest BCUT2D eigenvalue weighted by Crippen LogP contribution is -2.38. The zero-order valence-corrected chi connectivity index (χ0v) is 16.6. The second-order valence-corrected chi connectivity index (χ2v) is 7.70. The molecule has 5 nitrogen and oxygen atoms in total. The Kier molecular flexibility index (Phi) is 5.24. The highest BCUT2D eigenvalue weighted by atomic mass is 35.5. The summed E-state index contributed by atoms with van der Waals surface area (Å²) in [6.07, 6.45) is 8.13. The number of rotatable bonds is 4. The predicted octanol–water partition coefficient (Wildman–Crippen LogP) is 3.77. The van der Waals surface area contributed by atoms with Crippen LogP contribution < -0.4 is 9.64 Å². The van der Waals surface area contributed by atoms with Crippen molar-refractivity contribution < 1.29 is 4.74 Å². The molecule has 2 unspecified atom stereocenters. The SMILES string of the molecule is COc1ccccc1CN1C2CCC1c1cnc(N3CCCC3)nc1C2.Cl. The smallest absolute Gasteiger partial charge is 0.225 e. The molecule has 2 aromatic rings. The molecule has 2 bridgehead atoms. The average molecular weight is 387 g/mol. The largest absolute Gasteiger partial charge is 0.496 e. The number of halogens is 1. The van der Waals surface area contributed by atoms with Crippen molar-refractivity contribution in [2.24, 2.45) is 0 Å². The van der Waals surface area contributed by atoms with Gasteiger partial charge in [0, 0.05) is 55.5 Å². The molecule has 0 aliphatic carbocycles. The standard InChI is InChI=1S/C21H26N4O.ClH/c1-26-20-7-3-2-6-15(20)14-25-16-8-9-19(25)17-13-22-21(23-18(17)12-16)24-10-4-5-11-24;/h2-3,6-7,13,16,19H,4-5,8-12,14H2,1H3;1H. The van der Waals surface area contributed by atoms with Gasteiger partial charge in [-0.15, -0.1) is 12.4 Å². The number of benzene rings is 1. The predicted molar refractivity (Wildman–Crippen MR) is 109 cm³/mol. The van der Waals surface area contributed by atoms with E-state index in [4.69, 9.17) is 14.7 Å². The third-order valence-corrected chi connectivity index (χ3v) is 6.25. The van der Waals surface area contributed by atoms with Gasteiger partial charge in [-0.1, -0.05) is 18.2 Å². The first-order chi connectivity index (χ1) is 12.8. The normalized spacial score (nSPS) is 23.8. The Morgan fingerprint density at radius 1 is 1.15 bits per heavy atom. The maximum absolute atomic E-state index is 5.56. The fraction of sp³-hybridized carbons (Fsp3) is 0.524. The van der Waals surface area contributed by atoms with Crippen LogP contribution in [0.3, 0.4) is 0 Å². The molecule has 0 saturated carbocycles. The van der Waals surface area contributed by atoms with Gasteiger partial charge in [0.25, 0.3) is 0 Å². The van der Waals surface area contributed by atoms with E-state index in [1.807, 2.05) is 6.07 Å². The van der Waals surface area contributed by atoms with Crippen molar-refractivity contribution in [3.63, 3.8) is 0 Å². The molecule has 0 spiro atoms. The first-order valence-corrected chi connectivity index (χ1v) is 9.82. The number of fused-ring (bicyclic) bond motifs is 4. The number of aromatic nitrogens is 2. The summed E-state index contributed by atoms with van der Waals surface area (Å²) in [4.78, 5) is 14.7. The zero-order valence-electron chi connectivity index (χ0n) is 15.8. The topological polar surface area (TPSA) is 41.5 Å². The maximum atomic E-state index is 5.56. The molecule has 2 saturated heterocycles. The third kappa shape index (κ3) is 3.27. The Bertz CT molecular complexity index is 809. The molecule has 3 aliphatic heterocycles. The molecule has 1 aromatic carbocycles. The summed E-state index contributed by atoms with van der Waals surface area (Å²) in [5.74, 6) is 1.93. The Labute approximate surface area is 167 Å². The van der Waals surface area contributed by atoms with Crippen LogP contribution in [-0.4, -0.2) is 41.1 Å². The molecule has 144 valence electrons. The van der Waals surface area contributed by atoms with Crippen LogP contribution in [0.4, 0.5) is 5.95 Å². The number of hydrogen-bond donors (Lipinski definition) is 0. The van der Waals surface area contributed by atoms with E-state index in [0.29, 0.717) is 12.1 Å². The molecule has 0 radical (unpaired) electrons. The van der Waals surface area contributed by atoms with Crippen LogP contribution in [0.2, 0.25) is 0 Å². The highest BCUT2D eigenvalue weighted by Gasteiger charge is 2.41.